The summed E-state index contributed by atoms with van der Waals surface area (Å²) in [5.74, 6) is -1.39. The van der Waals surface area contributed by atoms with Gasteiger partial charge in [-0.15, -0.1) is 0 Å². The molecule has 1 N–H and O–H groups in total. The lowest BCUT2D eigenvalue weighted by molar-refractivity contribution is 0.0949. The molecule has 0 heterocycles. The Hall–Kier alpha value is -1.94. The van der Waals surface area contributed by atoms with E-state index in [4.69, 9.17) is 11.6 Å². The van der Waals surface area contributed by atoms with Crippen LogP contribution in [0.15, 0.2) is 42.5 Å². The lowest BCUT2D eigenvalue weighted by Crippen LogP contribution is -2.25. The Kier molecular flexibility index (Phi) is 5.90. The highest BCUT2D eigenvalue weighted by Crippen LogP contribution is 2.18. The molecule has 116 valence electrons. The first kappa shape index (κ1) is 16.4. The van der Waals surface area contributed by atoms with Crippen molar-refractivity contribution in [2.75, 3.05) is 6.54 Å². The van der Waals surface area contributed by atoms with E-state index in [0.717, 1.165) is 24.8 Å². The predicted molar refractivity (Wildman–Crippen MR) is 83.1 cm³/mol. The first-order valence-electron chi connectivity index (χ1n) is 7.04. The first-order valence-corrected chi connectivity index (χ1v) is 7.42. The average Bonchev–Trinajstić information content (AvgIpc) is 2.48. The molecule has 5 heteroatoms. The number of aryl methyl sites for hydroxylation is 1. The maximum atomic E-state index is 13.6. The van der Waals surface area contributed by atoms with E-state index in [1.54, 1.807) is 12.1 Å². The van der Waals surface area contributed by atoms with Gasteiger partial charge in [-0.3, -0.25) is 4.79 Å². The molecule has 2 nitrogen and oxygen atoms in total. The summed E-state index contributed by atoms with van der Waals surface area (Å²) in [6, 6.07) is 10.5. The Morgan fingerprint density at radius 2 is 1.77 bits per heavy atom. The Bertz CT molecular complexity index is 623. The van der Waals surface area contributed by atoms with Gasteiger partial charge in [0.1, 0.15) is 11.6 Å². The fourth-order valence-electron chi connectivity index (χ4n) is 2.11. The van der Waals surface area contributed by atoms with Crippen LogP contribution in [-0.4, -0.2) is 12.5 Å². The van der Waals surface area contributed by atoms with Crippen LogP contribution in [0.25, 0.3) is 0 Å². The average molecular weight is 324 g/mol. The maximum Gasteiger partial charge on any atom is 0.255 e. The SMILES string of the molecule is O=C(NCCCCc1ccc(F)cc1)c1c(F)cccc1Cl. The number of benzene rings is 2. The third kappa shape index (κ3) is 4.53. The van der Waals surface area contributed by atoms with Crippen LogP contribution < -0.4 is 5.32 Å². The number of halogens is 3. The van der Waals surface area contributed by atoms with Gasteiger partial charge in [0.2, 0.25) is 0 Å². The molecule has 0 fully saturated rings. The minimum absolute atomic E-state index is 0.101. The second-order valence-electron chi connectivity index (χ2n) is 4.94. The minimum atomic E-state index is -0.628. The Morgan fingerprint density at radius 1 is 1.05 bits per heavy atom. The number of rotatable bonds is 6. The van der Waals surface area contributed by atoms with Crippen LogP contribution in [0, 0.1) is 11.6 Å². The van der Waals surface area contributed by atoms with Crippen LogP contribution in [0.1, 0.15) is 28.8 Å². The molecular formula is C17H16ClF2NO. The van der Waals surface area contributed by atoms with Crippen molar-refractivity contribution in [1.82, 2.24) is 5.32 Å². The summed E-state index contributed by atoms with van der Waals surface area (Å²) in [6.45, 7) is 0.435. The summed E-state index contributed by atoms with van der Waals surface area (Å²) in [7, 11) is 0. The van der Waals surface area contributed by atoms with Crippen molar-refractivity contribution < 1.29 is 13.6 Å². The molecule has 0 radical (unpaired) electrons. The molecule has 0 aliphatic rings. The van der Waals surface area contributed by atoms with Gasteiger partial charge in [-0.2, -0.15) is 0 Å². The number of carbonyl (C=O) groups is 1. The van der Waals surface area contributed by atoms with E-state index in [9.17, 15) is 13.6 Å². The summed E-state index contributed by atoms with van der Waals surface area (Å²) >= 11 is 5.83. The van der Waals surface area contributed by atoms with Gasteiger partial charge in [-0.25, -0.2) is 8.78 Å². The lowest BCUT2D eigenvalue weighted by Gasteiger charge is -2.07. The highest BCUT2D eigenvalue weighted by Gasteiger charge is 2.14. The Labute approximate surface area is 133 Å². The summed E-state index contributed by atoms with van der Waals surface area (Å²) < 4.78 is 26.3. The van der Waals surface area contributed by atoms with Crippen molar-refractivity contribution in [3.63, 3.8) is 0 Å². The van der Waals surface area contributed by atoms with E-state index in [1.807, 2.05) is 0 Å². The second kappa shape index (κ2) is 7.90. The molecule has 2 aromatic carbocycles. The van der Waals surface area contributed by atoms with Crippen LogP contribution in [0.4, 0.5) is 8.78 Å². The molecule has 1 amide bonds. The Balaban J connectivity index is 1.74. The number of unbranched alkanes of at least 4 members (excludes halogenated alkanes) is 1. The quantitative estimate of drug-likeness (QED) is 0.786. The van der Waals surface area contributed by atoms with E-state index in [1.165, 1.54) is 30.3 Å². The Morgan fingerprint density at radius 3 is 2.45 bits per heavy atom. The van der Waals surface area contributed by atoms with Crippen molar-refractivity contribution >= 4 is 17.5 Å². The van der Waals surface area contributed by atoms with E-state index in [-0.39, 0.29) is 16.4 Å². The molecule has 0 aliphatic heterocycles. The van der Waals surface area contributed by atoms with Crippen molar-refractivity contribution in [1.29, 1.82) is 0 Å². The first-order chi connectivity index (χ1) is 10.6. The van der Waals surface area contributed by atoms with Crippen molar-refractivity contribution in [2.45, 2.75) is 19.3 Å². The van der Waals surface area contributed by atoms with E-state index in [0.29, 0.717) is 6.54 Å². The largest absolute Gasteiger partial charge is 0.352 e. The van der Waals surface area contributed by atoms with Crippen molar-refractivity contribution in [2.24, 2.45) is 0 Å². The van der Waals surface area contributed by atoms with Gasteiger partial charge in [0.15, 0.2) is 0 Å². The van der Waals surface area contributed by atoms with Crippen molar-refractivity contribution in [3.05, 3.63) is 70.2 Å². The van der Waals surface area contributed by atoms with Crippen molar-refractivity contribution in [3.8, 4) is 0 Å². The van der Waals surface area contributed by atoms with Gasteiger partial charge in [0.25, 0.3) is 5.91 Å². The number of carbonyl (C=O) groups excluding carboxylic acids is 1. The highest BCUT2D eigenvalue weighted by atomic mass is 35.5. The third-order valence-electron chi connectivity index (χ3n) is 3.28. The molecule has 0 saturated carbocycles. The van der Waals surface area contributed by atoms with Crippen LogP contribution in [0.2, 0.25) is 5.02 Å². The summed E-state index contributed by atoms with van der Waals surface area (Å²) in [5, 5.41) is 2.75. The molecule has 0 aromatic heterocycles. The topological polar surface area (TPSA) is 29.1 Å². The van der Waals surface area contributed by atoms with Gasteiger partial charge in [0.05, 0.1) is 10.6 Å². The zero-order valence-electron chi connectivity index (χ0n) is 11.9. The van der Waals surface area contributed by atoms with E-state index >= 15 is 0 Å². The molecule has 0 unspecified atom stereocenters. The molecule has 0 bridgehead atoms. The normalized spacial score (nSPS) is 10.5. The number of hydrogen-bond acceptors (Lipinski definition) is 1. The van der Waals surface area contributed by atoms with Crippen LogP contribution in [-0.2, 0) is 6.42 Å². The fraction of sp³-hybridized carbons (Fsp3) is 0.235. The summed E-state index contributed by atoms with van der Waals surface area (Å²) in [4.78, 5) is 11.9. The minimum Gasteiger partial charge on any atom is -0.352 e. The lowest BCUT2D eigenvalue weighted by atomic mass is 10.1. The van der Waals surface area contributed by atoms with E-state index < -0.39 is 11.7 Å². The van der Waals surface area contributed by atoms with Crippen LogP contribution in [0.5, 0.6) is 0 Å². The summed E-state index contributed by atoms with van der Waals surface area (Å²) in [6.07, 6.45) is 2.39. The van der Waals surface area contributed by atoms with Gasteiger partial charge < -0.3 is 5.32 Å². The van der Waals surface area contributed by atoms with Gasteiger partial charge >= 0.3 is 0 Å². The van der Waals surface area contributed by atoms with Crippen LogP contribution >= 0.6 is 11.6 Å². The maximum absolute atomic E-state index is 13.6. The van der Waals surface area contributed by atoms with Gasteiger partial charge in [0, 0.05) is 6.54 Å². The van der Waals surface area contributed by atoms with Gasteiger partial charge in [-0.1, -0.05) is 29.8 Å². The smallest absolute Gasteiger partial charge is 0.255 e. The number of nitrogens with one attached hydrogen (secondary N) is 1. The molecule has 0 saturated heterocycles. The number of hydrogen-bond donors (Lipinski definition) is 1. The molecule has 0 atom stereocenters. The fourth-order valence-corrected chi connectivity index (χ4v) is 2.36. The van der Waals surface area contributed by atoms with E-state index in [2.05, 4.69) is 5.32 Å². The number of amides is 1. The monoisotopic (exact) mass is 323 g/mol. The third-order valence-corrected chi connectivity index (χ3v) is 3.60. The molecule has 0 spiro atoms. The van der Waals surface area contributed by atoms with Crippen LogP contribution in [0.3, 0.4) is 0 Å². The molecule has 0 aliphatic carbocycles. The van der Waals surface area contributed by atoms with Gasteiger partial charge in [-0.05, 0) is 49.1 Å². The standard InChI is InChI=1S/C17H16ClF2NO/c18-14-5-3-6-15(20)16(14)17(22)21-11-2-1-4-12-7-9-13(19)10-8-12/h3,5-10H,1-2,4,11H2,(H,21,22). The molecular weight excluding hydrogens is 308 g/mol. The molecule has 2 rings (SSSR count). The zero-order chi connectivity index (χ0) is 15.9. The molecule has 22 heavy (non-hydrogen) atoms. The molecule has 2 aromatic rings. The second-order valence-corrected chi connectivity index (χ2v) is 5.34. The zero-order valence-corrected chi connectivity index (χ0v) is 12.7. The highest BCUT2D eigenvalue weighted by molar-refractivity contribution is 6.33. The predicted octanol–water partition coefficient (Wildman–Crippen LogP) is 4.37. The summed E-state index contributed by atoms with van der Waals surface area (Å²) in [5.41, 5.74) is 0.924.